The average Bonchev–Trinajstić information content (AvgIpc) is 3.31. The van der Waals surface area contributed by atoms with Gasteiger partial charge in [-0.15, -0.1) is 0 Å². The molecule has 0 spiro atoms. The molecule has 0 aliphatic carbocycles. The van der Waals surface area contributed by atoms with Crippen molar-refractivity contribution in [1.29, 1.82) is 0 Å². The van der Waals surface area contributed by atoms with E-state index >= 15 is 0 Å². The number of hydrogen-bond acceptors (Lipinski definition) is 4. The Morgan fingerprint density at radius 1 is 0.914 bits per heavy atom. The van der Waals surface area contributed by atoms with Crippen LogP contribution in [-0.4, -0.2) is 27.0 Å². The van der Waals surface area contributed by atoms with E-state index in [0.717, 1.165) is 38.8 Å². The Labute approximate surface area is 203 Å². The Bertz CT molecular complexity index is 1570. The van der Waals surface area contributed by atoms with Gasteiger partial charge >= 0.3 is 0 Å². The van der Waals surface area contributed by atoms with E-state index in [-0.39, 0.29) is 11.4 Å². The van der Waals surface area contributed by atoms with E-state index in [1.807, 2.05) is 92.7 Å². The van der Waals surface area contributed by atoms with Crippen molar-refractivity contribution in [1.82, 2.24) is 15.2 Å². The quantitative estimate of drug-likeness (QED) is 0.258. The molecule has 5 aromatic rings. The zero-order valence-electron chi connectivity index (χ0n) is 19.4. The third-order valence-corrected chi connectivity index (χ3v) is 5.84. The fraction of sp³-hybridized carbons (Fsp3) is 0.0690. The highest BCUT2D eigenvalue weighted by Gasteiger charge is 2.17. The molecule has 4 aromatic carbocycles. The molecule has 172 valence electrons. The van der Waals surface area contributed by atoms with Gasteiger partial charge in [0.25, 0.3) is 5.91 Å². The van der Waals surface area contributed by atoms with Gasteiger partial charge in [-0.05, 0) is 54.4 Å². The van der Waals surface area contributed by atoms with Gasteiger partial charge in [-0.3, -0.25) is 4.79 Å². The molecule has 1 aromatic heterocycles. The van der Waals surface area contributed by atoms with E-state index in [2.05, 4.69) is 15.6 Å². The molecule has 2 N–H and O–H groups in total. The molecule has 5 rings (SSSR count). The van der Waals surface area contributed by atoms with Crippen LogP contribution < -0.4 is 5.43 Å². The van der Waals surface area contributed by atoms with E-state index < -0.39 is 5.91 Å². The van der Waals surface area contributed by atoms with Crippen molar-refractivity contribution in [3.8, 4) is 22.7 Å². The minimum absolute atomic E-state index is 0.0899. The topological polar surface area (TPSA) is 79.5 Å². The Morgan fingerprint density at radius 3 is 2.51 bits per heavy atom. The first kappa shape index (κ1) is 22.1. The van der Waals surface area contributed by atoms with Gasteiger partial charge in [0.2, 0.25) is 0 Å². The molecule has 0 aliphatic heterocycles. The number of phenolic OH excluding ortho intramolecular Hbond substituents is 1. The minimum atomic E-state index is -0.444. The van der Waals surface area contributed by atoms with Crippen LogP contribution in [-0.2, 0) is 0 Å². The Hall–Kier alpha value is -4.71. The number of amides is 1. The summed E-state index contributed by atoms with van der Waals surface area (Å²) in [5.74, 6) is -0.354. The molecule has 0 saturated heterocycles. The van der Waals surface area contributed by atoms with Crippen LogP contribution in [0.15, 0.2) is 96.1 Å². The fourth-order valence-electron chi connectivity index (χ4n) is 4.01. The lowest BCUT2D eigenvalue weighted by molar-refractivity contribution is 0.0949. The summed E-state index contributed by atoms with van der Waals surface area (Å²) in [7, 11) is 0. The van der Waals surface area contributed by atoms with Gasteiger partial charge in [0.05, 0.1) is 17.6 Å². The first-order valence-electron chi connectivity index (χ1n) is 11.3. The summed E-state index contributed by atoms with van der Waals surface area (Å²) in [5.41, 5.74) is 8.19. The molecule has 0 aliphatic rings. The number of carbonyl (C=O) groups excluding carboxylic acids is 1. The summed E-state index contributed by atoms with van der Waals surface area (Å²) in [5, 5.41) is 20.8. The largest absolute Gasteiger partial charge is 0.507 e. The molecule has 6 heteroatoms. The van der Waals surface area contributed by atoms with Crippen LogP contribution >= 0.6 is 0 Å². The molecule has 0 atom stereocenters. The van der Waals surface area contributed by atoms with Crippen molar-refractivity contribution in [3.05, 3.63) is 113 Å². The van der Waals surface area contributed by atoms with Gasteiger partial charge in [0.15, 0.2) is 5.69 Å². The minimum Gasteiger partial charge on any atom is -0.507 e. The van der Waals surface area contributed by atoms with Crippen LogP contribution in [0.4, 0.5) is 0 Å². The normalized spacial score (nSPS) is 11.3. The fourth-order valence-corrected chi connectivity index (χ4v) is 4.01. The number of benzene rings is 4. The number of hydrogen-bond donors (Lipinski definition) is 2. The molecular formula is C29H24N4O2. The van der Waals surface area contributed by atoms with E-state index in [1.54, 1.807) is 16.8 Å². The molecule has 1 heterocycles. The third-order valence-electron chi connectivity index (χ3n) is 5.84. The molecule has 1 amide bonds. The second-order valence-corrected chi connectivity index (χ2v) is 8.45. The number of carbonyl (C=O) groups is 1. The van der Waals surface area contributed by atoms with Gasteiger partial charge in [-0.2, -0.15) is 10.2 Å². The first-order chi connectivity index (χ1) is 17.0. The number of aryl methyl sites for hydroxylation is 2. The SMILES string of the molecule is Cc1ccc(-c2cc(C(=O)N/N=C\c3c(O)ccc4ccccc34)nn2-c2cccc(C)c2)cc1. The molecule has 0 unspecified atom stereocenters. The van der Waals surface area contributed by atoms with Crippen LogP contribution in [0.3, 0.4) is 0 Å². The summed E-state index contributed by atoms with van der Waals surface area (Å²) in [6.07, 6.45) is 1.45. The smallest absolute Gasteiger partial charge is 0.291 e. The van der Waals surface area contributed by atoms with E-state index in [9.17, 15) is 9.90 Å². The maximum absolute atomic E-state index is 13.0. The first-order valence-corrected chi connectivity index (χ1v) is 11.3. The van der Waals surface area contributed by atoms with Crippen LogP contribution in [0.5, 0.6) is 5.75 Å². The number of fused-ring (bicyclic) bond motifs is 1. The van der Waals surface area contributed by atoms with Gasteiger partial charge in [-0.1, -0.05) is 72.3 Å². The lowest BCUT2D eigenvalue weighted by Gasteiger charge is -2.08. The van der Waals surface area contributed by atoms with Gasteiger partial charge in [0, 0.05) is 11.1 Å². The highest BCUT2D eigenvalue weighted by atomic mass is 16.3. The number of rotatable bonds is 5. The van der Waals surface area contributed by atoms with Crippen LogP contribution in [0, 0.1) is 13.8 Å². The molecule has 0 bridgehead atoms. The molecule has 35 heavy (non-hydrogen) atoms. The number of nitrogens with one attached hydrogen (secondary N) is 1. The van der Waals surface area contributed by atoms with Gasteiger partial charge in [-0.25, -0.2) is 10.1 Å². The van der Waals surface area contributed by atoms with E-state index in [4.69, 9.17) is 0 Å². The highest BCUT2D eigenvalue weighted by molar-refractivity contribution is 6.03. The summed E-state index contributed by atoms with van der Waals surface area (Å²) in [4.78, 5) is 13.0. The van der Waals surface area contributed by atoms with Crippen molar-refractivity contribution < 1.29 is 9.90 Å². The summed E-state index contributed by atoms with van der Waals surface area (Å²) >= 11 is 0. The molecule has 0 fully saturated rings. The number of phenols is 1. The number of aromatic hydroxyl groups is 1. The van der Waals surface area contributed by atoms with Crippen molar-refractivity contribution >= 4 is 22.9 Å². The molecule has 6 nitrogen and oxygen atoms in total. The maximum Gasteiger partial charge on any atom is 0.291 e. The van der Waals surface area contributed by atoms with Crippen molar-refractivity contribution in [2.75, 3.05) is 0 Å². The Kier molecular flexibility index (Phi) is 5.85. The predicted molar refractivity (Wildman–Crippen MR) is 139 cm³/mol. The monoisotopic (exact) mass is 460 g/mol. The lowest BCUT2D eigenvalue weighted by atomic mass is 10.0. The van der Waals surface area contributed by atoms with Crippen molar-refractivity contribution in [2.24, 2.45) is 5.10 Å². The Balaban J connectivity index is 1.47. The zero-order valence-corrected chi connectivity index (χ0v) is 19.4. The lowest BCUT2D eigenvalue weighted by Crippen LogP contribution is -2.18. The average molecular weight is 461 g/mol. The second kappa shape index (κ2) is 9.27. The van der Waals surface area contributed by atoms with Crippen molar-refractivity contribution in [2.45, 2.75) is 13.8 Å². The van der Waals surface area contributed by atoms with Gasteiger partial charge in [0.1, 0.15) is 5.75 Å². The number of nitrogens with zero attached hydrogens (tertiary/aromatic N) is 3. The predicted octanol–water partition coefficient (Wildman–Crippen LogP) is 5.78. The highest BCUT2D eigenvalue weighted by Crippen LogP contribution is 2.26. The second-order valence-electron chi connectivity index (χ2n) is 8.45. The van der Waals surface area contributed by atoms with Crippen LogP contribution in [0.2, 0.25) is 0 Å². The van der Waals surface area contributed by atoms with Crippen molar-refractivity contribution in [3.63, 3.8) is 0 Å². The van der Waals surface area contributed by atoms with Crippen LogP contribution in [0.25, 0.3) is 27.7 Å². The summed E-state index contributed by atoms with van der Waals surface area (Å²) in [6, 6.07) is 28.9. The zero-order chi connectivity index (χ0) is 24.4. The number of hydrazone groups is 1. The number of aromatic nitrogens is 2. The van der Waals surface area contributed by atoms with E-state index in [0.29, 0.717) is 5.56 Å². The van der Waals surface area contributed by atoms with Gasteiger partial charge < -0.3 is 5.11 Å². The standard InChI is InChI=1S/C29H24N4O2/c1-19-10-12-22(13-11-19)27-17-26(32-33(27)23-8-5-6-20(2)16-23)29(35)31-30-18-25-24-9-4-3-7-21(24)14-15-28(25)34/h3-18,34H,1-2H3,(H,31,35)/b30-18-. The molecule has 0 radical (unpaired) electrons. The van der Waals surface area contributed by atoms with Crippen LogP contribution in [0.1, 0.15) is 27.2 Å². The molecular weight excluding hydrogens is 436 g/mol. The maximum atomic E-state index is 13.0. The summed E-state index contributed by atoms with van der Waals surface area (Å²) < 4.78 is 1.77. The Morgan fingerprint density at radius 2 is 1.71 bits per heavy atom. The van der Waals surface area contributed by atoms with E-state index in [1.165, 1.54) is 6.21 Å². The molecule has 0 saturated carbocycles. The summed E-state index contributed by atoms with van der Waals surface area (Å²) in [6.45, 7) is 4.05. The third kappa shape index (κ3) is 4.54.